The maximum absolute atomic E-state index is 12.5. The minimum atomic E-state index is -0.271. The van der Waals surface area contributed by atoms with Crippen LogP contribution in [0.5, 0.6) is 5.75 Å². The number of carbonyl (C=O) groups excluding carboxylic acids is 1. The second kappa shape index (κ2) is 11.1. The summed E-state index contributed by atoms with van der Waals surface area (Å²) in [6.07, 6.45) is 0. The van der Waals surface area contributed by atoms with Gasteiger partial charge in [-0.05, 0) is 80.2 Å². The van der Waals surface area contributed by atoms with E-state index < -0.39 is 0 Å². The second-order valence-electron chi connectivity index (χ2n) is 6.93. The summed E-state index contributed by atoms with van der Waals surface area (Å²) in [7, 11) is 0. The number of amides is 1. The van der Waals surface area contributed by atoms with Gasteiger partial charge in [-0.15, -0.1) is 0 Å². The molecule has 2 N–H and O–H groups in total. The van der Waals surface area contributed by atoms with Crippen molar-refractivity contribution in [3.63, 3.8) is 0 Å². The molecule has 0 spiro atoms. The second-order valence-corrected chi connectivity index (χ2v) is 7.33. The Morgan fingerprint density at radius 1 is 0.903 bits per heavy atom. The molecule has 3 aromatic carbocycles. The molecule has 5 nitrogen and oxygen atoms in total. The maximum Gasteiger partial charge on any atom is 0.257 e. The Hall–Kier alpha value is -3.38. The molecule has 0 saturated heterocycles. The van der Waals surface area contributed by atoms with Gasteiger partial charge in [-0.2, -0.15) is 0 Å². The van der Waals surface area contributed by atoms with E-state index in [1.165, 1.54) is 0 Å². The van der Waals surface area contributed by atoms with Crippen molar-refractivity contribution in [3.8, 4) is 5.75 Å². The topological polar surface area (TPSA) is 53.6 Å². The third kappa shape index (κ3) is 6.55. The summed E-state index contributed by atoms with van der Waals surface area (Å²) >= 11 is 5.29. The largest absolute Gasteiger partial charge is 0.489 e. The molecule has 0 atom stereocenters. The fourth-order valence-electron chi connectivity index (χ4n) is 3.13. The van der Waals surface area contributed by atoms with Crippen LogP contribution in [0.1, 0.15) is 29.8 Å². The third-order valence-corrected chi connectivity index (χ3v) is 5.05. The highest BCUT2D eigenvalue weighted by molar-refractivity contribution is 7.80. The van der Waals surface area contributed by atoms with Crippen LogP contribution in [0.15, 0.2) is 78.9 Å². The number of ether oxygens (including phenoxy) is 1. The molecule has 0 aromatic heterocycles. The number of rotatable bonds is 8. The van der Waals surface area contributed by atoms with Crippen LogP contribution in [0.4, 0.5) is 11.4 Å². The molecule has 0 aliphatic carbocycles. The van der Waals surface area contributed by atoms with Crippen molar-refractivity contribution >= 4 is 34.6 Å². The molecule has 0 aliphatic heterocycles. The summed E-state index contributed by atoms with van der Waals surface area (Å²) in [5.41, 5.74) is 3.57. The molecule has 0 radical (unpaired) electrons. The minimum Gasteiger partial charge on any atom is -0.489 e. The summed E-state index contributed by atoms with van der Waals surface area (Å²) in [6.45, 7) is 6.64. The van der Waals surface area contributed by atoms with Crippen molar-refractivity contribution in [3.05, 3.63) is 90.0 Å². The zero-order valence-electron chi connectivity index (χ0n) is 17.8. The average molecular weight is 434 g/mol. The summed E-state index contributed by atoms with van der Waals surface area (Å²) in [4.78, 5) is 14.7. The Morgan fingerprint density at radius 2 is 1.55 bits per heavy atom. The van der Waals surface area contributed by atoms with Crippen LogP contribution in [0.25, 0.3) is 0 Å². The summed E-state index contributed by atoms with van der Waals surface area (Å²) in [6, 6.07) is 24.9. The Kier molecular flexibility index (Phi) is 8.01. The van der Waals surface area contributed by atoms with E-state index in [0.29, 0.717) is 17.9 Å². The zero-order valence-corrected chi connectivity index (χ0v) is 18.6. The van der Waals surface area contributed by atoms with E-state index in [1.807, 2.05) is 54.6 Å². The van der Waals surface area contributed by atoms with Crippen LogP contribution >= 0.6 is 12.2 Å². The highest BCUT2D eigenvalue weighted by atomic mass is 32.1. The van der Waals surface area contributed by atoms with E-state index in [0.717, 1.165) is 30.0 Å². The predicted molar refractivity (Wildman–Crippen MR) is 131 cm³/mol. The van der Waals surface area contributed by atoms with Gasteiger partial charge >= 0.3 is 0 Å². The van der Waals surface area contributed by atoms with Gasteiger partial charge in [-0.1, -0.05) is 30.3 Å². The summed E-state index contributed by atoms with van der Waals surface area (Å²) in [5, 5.41) is 6.02. The third-order valence-electron chi connectivity index (χ3n) is 4.85. The van der Waals surface area contributed by atoms with Crippen LogP contribution in [-0.4, -0.2) is 24.1 Å². The molecular formula is C25H27N3O2S. The molecule has 0 saturated carbocycles. The smallest absolute Gasteiger partial charge is 0.257 e. The van der Waals surface area contributed by atoms with Crippen LogP contribution < -0.4 is 20.3 Å². The summed E-state index contributed by atoms with van der Waals surface area (Å²) < 4.78 is 5.76. The lowest BCUT2D eigenvalue weighted by Crippen LogP contribution is -2.34. The van der Waals surface area contributed by atoms with Crippen LogP contribution in [0.2, 0.25) is 0 Å². The van der Waals surface area contributed by atoms with E-state index >= 15 is 0 Å². The molecule has 0 bridgehead atoms. The molecule has 0 fully saturated rings. The van der Waals surface area contributed by atoms with E-state index in [2.05, 4.69) is 29.4 Å². The number of hydrogen-bond acceptors (Lipinski definition) is 4. The average Bonchev–Trinajstić information content (AvgIpc) is 2.80. The van der Waals surface area contributed by atoms with Gasteiger partial charge in [-0.25, -0.2) is 0 Å². The number of benzene rings is 3. The number of nitrogens with zero attached hydrogens (tertiary/aromatic N) is 1. The maximum atomic E-state index is 12.5. The molecule has 3 aromatic rings. The molecule has 160 valence electrons. The highest BCUT2D eigenvalue weighted by Gasteiger charge is 2.09. The van der Waals surface area contributed by atoms with Gasteiger partial charge in [0.15, 0.2) is 5.11 Å². The zero-order chi connectivity index (χ0) is 22.1. The van der Waals surface area contributed by atoms with Crippen molar-refractivity contribution in [2.45, 2.75) is 20.5 Å². The molecule has 3 rings (SSSR count). The highest BCUT2D eigenvalue weighted by Crippen LogP contribution is 2.18. The fourth-order valence-corrected chi connectivity index (χ4v) is 3.34. The van der Waals surface area contributed by atoms with Crippen LogP contribution in [0.3, 0.4) is 0 Å². The number of thiocarbonyl (C=S) groups is 1. The standard InChI is InChI=1S/C25H27N3O2S/c1-3-28(4-2)22-14-12-21(13-15-22)26-25(31)27-24(29)20-10-16-23(17-11-20)30-18-19-8-6-5-7-9-19/h5-17H,3-4,18H2,1-2H3,(H2,26,27,29,31). The fraction of sp³-hybridized carbons (Fsp3) is 0.200. The predicted octanol–water partition coefficient (Wildman–Crippen LogP) is 5.24. The normalized spacial score (nSPS) is 10.3. The van der Waals surface area contributed by atoms with Crippen molar-refractivity contribution in [1.82, 2.24) is 5.32 Å². The van der Waals surface area contributed by atoms with Crippen LogP contribution in [0, 0.1) is 0 Å². The first-order valence-electron chi connectivity index (χ1n) is 10.3. The number of nitrogens with one attached hydrogen (secondary N) is 2. The Labute approximate surface area is 189 Å². The van der Waals surface area contributed by atoms with Crippen molar-refractivity contribution in [2.24, 2.45) is 0 Å². The van der Waals surface area contributed by atoms with Crippen molar-refractivity contribution < 1.29 is 9.53 Å². The Morgan fingerprint density at radius 3 is 2.16 bits per heavy atom. The van der Waals surface area contributed by atoms with E-state index in [4.69, 9.17) is 17.0 Å². The molecule has 1 amide bonds. The quantitative estimate of drug-likeness (QED) is 0.476. The van der Waals surface area contributed by atoms with Gasteiger partial charge in [0.25, 0.3) is 5.91 Å². The molecule has 0 unspecified atom stereocenters. The number of carbonyl (C=O) groups is 1. The molecule has 6 heteroatoms. The van der Waals surface area contributed by atoms with Crippen LogP contribution in [-0.2, 0) is 6.61 Å². The van der Waals surface area contributed by atoms with Gasteiger partial charge in [0, 0.05) is 30.0 Å². The van der Waals surface area contributed by atoms with E-state index in [1.54, 1.807) is 24.3 Å². The number of anilines is 2. The minimum absolute atomic E-state index is 0.255. The monoisotopic (exact) mass is 433 g/mol. The Bertz CT molecular complexity index is 986. The molecule has 0 aliphatic rings. The lowest BCUT2D eigenvalue weighted by Gasteiger charge is -2.21. The first-order valence-corrected chi connectivity index (χ1v) is 10.7. The molecule has 31 heavy (non-hydrogen) atoms. The van der Waals surface area contributed by atoms with Gasteiger partial charge in [0.2, 0.25) is 0 Å². The number of hydrogen-bond donors (Lipinski definition) is 2. The lowest BCUT2D eigenvalue weighted by atomic mass is 10.2. The summed E-state index contributed by atoms with van der Waals surface area (Å²) in [5.74, 6) is 0.432. The first-order chi connectivity index (χ1) is 15.1. The van der Waals surface area contributed by atoms with Gasteiger partial charge in [-0.3, -0.25) is 10.1 Å². The van der Waals surface area contributed by atoms with E-state index in [-0.39, 0.29) is 11.0 Å². The van der Waals surface area contributed by atoms with Crippen molar-refractivity contribution in [1.29, 1.82) is 0 Å². The SMILES string of the molecule is CCN(CC)c1ccc(NC(=S)NC(=O)c2ccc(OCc3ccccc3)cc2)cc1. The Balaban J connectivity index is 1.50. The van der Waals surface area contributed by atoms with Gasteiger partial charge < -0.3 is 15.0 Å². The van der Waals surface area contributed by atoms with E-state index in [9.17, 15) is 4.79 Å². The van der Waals surface area contributed by atoms with Gasteiger partial charge in [0.05, 0.1) is 0 Å². The van der Waals surface area contributed by atoms with Gasteiger partial charge in [0.1, 0.15) is 12.4 Å². The first kappa shape index (κ1) is 22.3. The molecule has 0 heterocycles. The van der Waals surface area contributed by atoms with Crippen molar-refractivity contribution in [2.75, 3.05) is 23.3 Å². The lowest BCUT2D eigenvalue weighted by molar-refractivity contribution is 0.0977. The molecular weight excluding hydrogens is 406 g/mol.